The summed E-state index contributed by atoms with van der Waals surface area (Å²) < 4.78 is 5.05. The molecule has 1 saturated heterocycles. The minimum absolute atomic E-state index is 0.00276. The number of carbonyl (C=O) groups is 3. The summed E-state index contributed by atoms with van der Waals surface area (Å²) in [5, 5.41) is 13.2. The van der Waals surface area contributed by atoms with Gasteiger partial charge in [-0.1, -0.05) is 44.2 Å². The van der Waals surface area contributed by atoms with E-state index >= 15 is 0 Å². The van der Waals surface area contributed by atoms with Crippen molar-refractivity contribution in [3.8, 4) is 0 Å². The van der Waals surface area contributed by atoms with Crippen LogP contribution in [-0.4, -0.2) is 46.6 Å². The summed E-state index contributed by atoms with van der Waals surface area (Å²) >= 11 is 0. The molecule has 1 aromatic rings. The highest BCUT2D eigenvalue weighted by atomic mass is 16.5. The summed E-state index contributed by atoms with van der Waals surface area (Å²) in [5.74, 6) is -2.51. The van der Waals surface area contributed by atoms with Crippen LogP contribution < -0.4 is 5.32 Å². The average molecular weight is 348 g/mol. The van der Waals surface area contributed by atoms with Gasteiger partial charge in [0.25, 0.3) is 5.78 Å². The second-order valence-corrected chi connectivity index (χ2v) is 6.48. The van der Waals surface area contributed by atoms with Crippen LogP contribution in [-0.2, 0) is 25.7 Å². The van der Waals surface area contributed by atoms with Crippen molar-refractivity contribution in [1.82, 2.24) is 10.4 Å². The lowest BCUT2D eigenvalue weighted by Crippen LogP contribution is -2.52. The molecule has 25 heavy (non-hydrogen) atoms. The Hall–Kier alpha value is -2.25. The fourth-order valence-electron chi connectivity index (χ4n) is 2.72. The molecule has 1 amide bonds. The third-order valence-electron chi connectivity index (χ3n) is 4.19. The van der Waals surface area contributed by atoms with Crippen molar-refractivity contribution in [2.75, 3.05) is 6.54 Å². The first kappa shape index (κ1) is 19.1. The number of hydrogen-bond acceptors (Lipinski definition) is 6. The van der Waals surface area contributed by atoms with Crippen LogP contribution in [0.1, 0.15) is 32.3 Å². The lowest BCUT2D eigenvalue weighted by Gasteiger charge is -2.24. The van der Waals surface area contributed by atoms with Gasteiger partial charge in [0, 0.05) is 6.54 Å². The number of esters is 1. The number of rotatable bonds is 7. The zero-order valence-electron chi connectivity index (χ0n) is 14.5. The average Bonchev–Trinajstić information content (AvgIpc) is 3.03. The van der Waals surface area contributed by atoms with Gasteiger partial charge in [-0.15, -0.1) is 0 Å². The Bertz CT molecular complexity index is 617. The first-order valence-electron chi connectivity index (χ1n) is 8.41. The molecule has 0 aromatic heterocycles. The maximum atomic E-state index is 12.4. The quantitative estimate of drug-likeness (QED) is 0.569. The van der Waals surface area contributed by atoms with E-state index in [1.807, 2.05) is 18.2 Å². The molecule has 1 heterocycles. The molecule has 2 atom stereocenters. The van der Waals surface area contributed by atoms with Crippen molar-refractivity contribution in [3.63, 3.8) is 0 Å². The number of hydroxylamine groups is 2. The number of benzene rings is 1. The number of ether oxygens (including phenoxy) is 1. The molecule has 7 heteroatoms. The fraction of sp³-hybridized carbons (Fsp3) is 0.500. The largest absolute Gasteiger partial charge is 0.455 e. The van der Waals surface area contributed by atoms with E-state index in [1.54, 1.807) is 26.0 Å². The van der Waals surface area contributed by atoms with E-state index in [-0.39, 0.29) is 12.5 Å². The van der Waals surface area contributed by atoms with Crippen LogP contribution in [0.2, 0.25) is 0 Å². The van der Waals surface area contributed by atoms with Crippen molar-refractivity contribution >= 4 is 17.7 Å². The molecule has 0 spiro atoms. The zero-order chi connectivity index (χ0) is 18.4. The summed E-state index contributed by atoms with van der Waals surface area (Å²) in [4.78, 5) is 36.7. The Balaban J connectivity index is 1.94. The molecule has 1 aliphatic heterocycles. The molecular weight excluding hydrogens is 324 g/mol. The number of ketones is 1. The first-order valence-corrected chi connectivity index (χ1v) is 8.41. The van der Waals surface area contributed by atoms with Crippen molar-refractivity contribution in [3.05, 3.63) is 35.9 Å². The van der Waals surface area contributed by atoms with Crippen LogP contribution >= 0.6 is 0 Å². The number of carbonyl (C=O) groups excluding carboxylic acids is 3. The van der Waals surface area contributed by atoms with Gasteiger partial charge in [-0.3, -0.25) is 9.59 Å². The molecule has 1 aliphatic rings. The predicted octanol–water partition coefficient (Wildman–Crippen LogP) is 1.29. The summed E-state index contributed by atoms with van der Waals surface area (Å²) in [7, 11) is 0. The van der Waals surface area contributed by atoms with Crippen LogP contribution in [0.3, 0.4) is 0 Å². The predicted molar refractivity (Wildman–Crippen MR) is 89.5 cm³/mol. The number of hydrogen-bond donors (Lipinski definition) is 2. The summed E-state index contributed by atoms with van der Waals surface area (Å²) in [6, 6.07) is 7.37. The Morgan fingerprint density at radius 1 is 1.28 bits per heavy atom. The van der Waals surface area contributed by atoms with Gasteiger partial charge >= 0.3 is 5.97 Å². The van der Waals surface area contributed by atoms with Gasteiger partial charge < -0.3 is 15.3 Å². The third-order valence-corrected chi connectivity index (χ3v) is 4.19. The van der Waals surface area contributed by atoms with E-state index in [4.69, 9.17) is 4.74 Å². The number of amides is 1. The van der Waals surface area contributed by atoms with Gasteiger partial charge in [-0.25, -0.2) is 4.79 Å². The topological polar surface area (TPSA) is 95.9 Å². The van der Waals surface area contributed by atoms with E-state index in [0.717, 1.165) is 10.6 Å². The molecule has 0 bridgehead atoms. The number of Topliss-reactive ketones (excluding diaryl/α,β-unsaturated/α-hetero) is 1. The van der Waals surface area contributed by atoms with Crippen LogP contribution in [0.5, 0.6) is 0 Å². The van der Waals surface area contributed by atoms with Crippen molar-refractivity contribution < 1.29 is 24.3 Å². The molecule has 1 fully saturated rings. The first-order chi connectivity index (χ1) is 11.9. The lowest BCUT2D eigenvalue weighted by atomic mass is 9.99. The molecule has 0 aliphatic carbocycles. The van der Waals surface area contributed by atoms with Gasteiger partial charge in [0.05, 0.1) is 0 Å². The Kier molecular flexibility index (Phi) is 6.66. The second-order valence-electron chi connectivity index (χ2n) is 6.48. The summed E-state index contributed by atoms with van der Waals surface area (Å²) in [5.41, 5.74) is 0.774. The van der Waals surface area contributed by atoms with Gasteiger partial charge in [0.15, 0.2) is 0 Å². The minimum Gasteiger partial charge on any atom is -0.455 e. The molecule has 7 nitrogen and oxygen atoms in total. The van der Waals surface area contributed by atoms with Crippen molar-refractivity contribution in [2.45, 2.75) is 45.4 Å². The van der Waals surface area contributed by atoms with Crippen LogP contribution in [0.4, 0.5) is 0 Å². The highest BCUT2D eigenvalue weighted by molar-refractivity contribution is 6.36. The minimum atomic E-state index is -0.982. The van der Waals surface area contributed by atoms with E-state index in [9.17, 15) is 19.6 Å². The van der Waals surface area contributed by atoms with Crippen molar-refractivity contribution in [2.24, 2.45) is 5.92 Å². The van der Waals surface area contributed by atoms with Gasteiger partial charge in [-0.05, 0) is 24.3 Å². The maximum absolute atomic E-state index is 12.4. The fourth-order valence-corrected chi connectivity index (χ4v) is 2.72. The smallest absolute Gasteiger partial charge is 0.377 e. The zero-order valence-corrected chi connectivity index (χ0v) is 14.5. The van der Waals surface area contributed by atoms with E-state index in [0.29, 0.717) is 19.4 Å². The molecule has 2 N–H and O–H groups in total. The second kappa shape index (κ2) is 8.73. The van der Waals surface area contributed by atoms with E-state index in [2.05, 4.69) is 5.32 Å². The van der Waals surface area contributed by atoms with Gasteiger partial charge in [0.2, 0.25) is 5.91 Å². The van der Waals surface area contributed by atoms with Crippen LogP contribution in [0.15, 0.2) is 30.3 Å². The number of nitrogens with one attached hydrogen (secondary N) is 1. The molecule has 2 rings (SSSR count). The SMILES string of the molecule is CC(C)[C@H](NC(=O)[C@@H]1CCCN1O)C(=O)C(=O)OCc1ccccc1. The Morgan fingerprint density at radius 3 is 2.52 bits per heavy atom. The standard InChI is InChI=1S/C18H24N2O5/c1-12(2)15(19-17(22)14-9-6-10-20(14)24)16(21)18(23)25-11-13-7-4-3-5-8-13/h3-5,7-8,12,14-15,24H,6,9-11H2,1-2H3,(H,19,22)/t14-,15-/m0/s1. The normalized spacial score (nSPS) is 18.8. The molecular formula is C18H24N2O5. The van der Waals surface area contributed by atoms with E-state index in [1.165, 1.54) is 0 Å². The highest BCUT2D eigenvalue weighted by Crippen LogP contribution is 2.15. The molecule has 0 saturated carbocycles. The molecule has 1 aromatic carbocycles. The molecule has 0 radical (unpaired) electrons. The van der Waals surface area contributed by atoms with Crippen LogP contribution in [0.25, 0.3) is 0 Å². The van der Waals surface area contributed by atoms with Crippen molar-refractivity contribution in [1.29, 1.82) is 0 Å². The number of nitrogens with zero attached hydrogens (tertiary/aromatic N) is 1. The van der Waals surface area contributed by atoms with Gasteiger partial charge in [0.1, 0.15) is 18.7 Å². The molecule has 136 valence electrons. The third kappa shape index (κ3) is 5.11. The monoisotopic (exact) mass is 348 g/mol. The lowest BCUT2D eigenvalue weighted by molar-refractivity contribution is -0.157. The van der Waals surface area contributed by atoms with Crippen LogP contribution in [0, 0.1) is 5.92 Å². The summed E-state index contributed by atoms with van der Waals surface area (Å²) in [6.45, 7) is 3.88. The summed E-state index contributed by atoms with van der Waals surface area (Å²) in [6.07, 6.45) is 1.22. The maximum Gasteiger partial charge on any atom is 0.377 e. The Labute approximate surface area is 146 Å². The van der Waals surface area contributed by atoms with E-state index < -0.39 is 29.7 Å². The molecule has 0 unspecified atom stereocenters. The highest BCUT2D eigenvalue weighted by Gasteiger charge is 2.35. The Morgan fingerprint density at radius 2 is 1.96 bits per heavy atom. The van der Waals surface area contributed by atoms with Gasteiger partial charge in [-0.2, -0.15) is 5.06 Å².